The van der Waals surface area contributed by atoms with Gasteiger partial charge in [0.05, 0.1) is 5.69 Å². The summed E-state index contributed by atoms with van der Waals surface area (Å²) in [6, 6.07) is 0. The van der Waals surface area contributed by atoms with E-state index >= 15 is 0 Å². The number of nitrogens with zero attached hydrogens (tertiary/aromatic N) is 1. The van der Waals surface area contributed by atoms with Gasteiger partial charge in [-0.25, -0.2) is 4.98 Å². The minimum absolute atomic E-state index is 0.607. The molecule has 0 amide bonds. The summed E-state index contributed by atoms with van der Waals surface area (Å²) >= 11 is 0. The quantitative estimate of drug-likeness (QED) is 0.737. The molecule has 0 aliphatic heterocycles. The average Bonchev–Trinajstić information content (AvgIpc) is 2.80. The molecule has 12 heavy (non-hydrogen) atoms. The van der Waals surface area contributed by atoms with Crippen LogP contribution in [0.3, 0.4) is 0 Å². The third-order valence-corrected chi connectivity index (χ3v) is 2.22. The predicted octanol–water partition coefficient (Wildman–Crippen LogP) is 1.36. The van der Waals surface area contributed by atoms with E-state index in [2.05, 4.69) is 4.98 Å². The van der Waals surface area contributed by atoms with Crippen LogP contribution >= 0.6 is 0 Å². The molecule has 0 saturated heterocycles. The van der Waals surface area contributed by atoms with Crippen LogP contribution in [0.2, 0.25) is 0 Å². The molecule has 1 saturated carbocycles. The fourth-order valence-electron chi connectivity index (χ4n) is 1.32. The monoisotopic (exact) mass is 166 g/mol. The van der Waals surface area contributed by atoms with Crippen molar-refractivity contribution in [2.45, 2.75) is 32.1 Å². The van der Waals surface area contributed by atoms with E-state index in [1.807, 2.05) is 6.92 Å². The highest BCUT2D eigenvalue weighted by atomic mass is 16.4. The van der Waals surface area contributed by atoms with Crippen LogP contribution in [0.25, 0.3) is 0 Å². The van der Waals surface area contributed by atoms with E-state index in [0.717, 1.165) is 23.8 Å². The second kappa shape index (κ2) is 2.90. The molecule has 0 bridgehead atoms. The second-order valence-corrected chi connectivity index (χ2v) is 3.37. The zero-order chi connectivity index (χ0) is 8.55. The van der Waals surface area contributed by atoms with Gasteiger partial charge in [0.25, 0.3) is 0 Å². The maximum Gasteiger partial charge on any atom is 0.197 e. The number of rotatable bonds is 3. The molecule has 0 aromatic carbocycles. The zero-order valence-corrected chi connectivity index (χ0v) is 7.34. The van der Waals surface area contributed by atoms with Gasteiger partial charge in [-0.15, -0.1) is 0 Å². The summed E-state index contributed by atoms with van der Waals surface area (Å²) in [5.74, 6) is 2.48. The van der Waals surface area contributed by atoms with Crippen LogP contribution in [-0.2, 0) is 6.42 Å². The van der Waals surface area contributed by atoms with Gasteiger partial charge in [-0.1, -0.05) is 0 Å². The van der Waals surface area contributed by atoms with Gasteiger partial charge in [0.1, 0.15) is 5.76 Å². The van der Waals surface area contributed by atoms with Gasteiger partial charge in [0.2, 0.25) is 0 Å². The first-order chi connectivity index (χ1) is 5.81. The fourth-order valence-corrected chi connectivity index (χ4v) is 1.32. The van der Waals surface area contributed by atoms with Gasteiger partial charge in [-0.05, 0) is 26.3 Å². The largest absolute Gasteiger partial charge is 0.445 e. The Morgan fingerprint density at radius 2 is 2.33 bits per heavy atom. The second-order valence-electron chi connectivity index (χ2n) is 3.37. The van der Waals surface area contributed by atoms with Gasteiger partial charge < -0.3 is 10.2 Å². The molecule has 0 radical (unpaired) electrons. The first kappa shape index (κ1) is 7.80. The average molecular weight is 166 g/mol. The number of aryl methyl sites for hydroxylation is 1. The lowest BCUT2D eigenvalue weighted by atomic mass is 10.3. The molecule has 1 fully saturated rings. The molecule has 0 spiro atoms. The van der Waals surface area contributed by atoms with Crippen LogP contribution in [0.4, 0.5) is 0 Å². The Hall–Kier alpha value is -0.830. The van der Waals surface area contributed by atoms with E-state index in [-0.39, 0.29) is 0 Å². The summed E-state index contributed by atoms with van der Waals surface area (Å²) in [6.07, 6.45) is 3.31. The summed E-state index contributed by atoms with van der Waals surface area (Å²) in [7, 11) is 0. The van der Waals surface area contributed by atoms with Crippen LogP contribution in [0.1, 0.15) is 36.1 Å². The molecule has 0 unspecified atom stereocenters. The Kier molecular flexibility index (Phi) is 1.89. The fraction of sp³-hybridized carbons (Fsp3) is 0.667. The van der Waals surface area contributed by atoms with Crippen molar-refractivity contribution in [3.8, 4) is 0 Å². The highest BCUT2D eigenvalue weighted by molar-refractivity contribution is 5.13. The smallest absolute Gasteiger partial charge is 0.197 e. The van der Waals surface area contributed by atoms with E-state index in [1.54, 1.807) is 0 Å². The Morgan fingerprint density at radius 3 is 2.92 bits per heavy atom. The maximum absolute atomic E-state index is 5.52. The van der Waals surface area contributed by atoms with Crippen molar-refractivity contribution in [2.75, 3.05) is 6.54 Å². The summed E-state index contributed by atoms with van der Waals surface area (Å²) in [4.78, 5) is 4.41. The van der Waals surface area contributed by atoms with Crippen molar-refractivity contribution in [2.24, 2.45) is 5.73 Å². The van der Waals surface area contributed by atoms with Gasteiger partial charge in [0, 0.05) is 12.3 Å². The van der Waals surface area contributed by atoms with E-state index in [4.69, 9.17) is 10.2 Å². The zero-order valence-electron chi connectivity index (χ0n) is 7.34. The lowest BCUT2D eigenvalue weighted by molar-refractivity contribution is 0.472. The third-order valence-electron chi connectivity index (χ3n) is 2.22. The van der Waals surface area contributed by atoms with E-state index in [0.29, 0.717) is 12.5 Å². The first-order valence-corrected chi connectivity index (χ1v) is 4.47. The lowest BCUT2D eigenvalue weighted by Crippen LogP contribution is -2.03. The molecule has 3 heteroatoms. The molecule has 0 atom stereocenters. The molecule has 1 aromatic rings. The van der Waals surface area contributed by atoms with Gasteiger partial charge in [0.15, 0.2) is 5.89 Å². The number of aromatic nitrogens is 1. The van der Waals surface area contributed by atoms with Crippen LogP contribution < -0.4 is 5.73 Å². The SMILES string of the molecule is Cc1oc(C2CC2)nc1CCN. The molecule has 2 N–H and O–H groups in total. The highest BCUT2D eigenvalue weighted by Crippen LogP contribution is 2.39. The molecular formula is C9H14N2O. The van der Waals surface area contributed by atoms with Crippen molar-refractivity contribution in [3.05, 3.63) is 17.3 Å². The topological polar surface area (TPSA) is 52.0 Å². The van der Waals surface area contributed by atoms with Crippen LogP contribution in [-0.4, -0.2) is 11.5 Å². The predicted molar refractivity (Wildman–Crippen MR) is 46.0 cm³/mol. The molecule has 66 valence electrons. The maximum atomic E-state index is 5.52. The van der Waals surface area contributed by atoms with Crippen LogP contribution in [0.5, 0.6) is 0 Å². The normalized spacial score (nSPS) is 16.8. The number of oxazole rings is 1. The summed E-state index contributed by atoms with van der Waals surface area (Å²) in [5, 5.41) is 0. The van der Waals surface area contributed by atoms with Crippen molar-refractivity contribution >= 4 is 0 Å². The van der Waals surface area contributed by atoms with E-state index in [1.165, 1.54) is 12.8 Å². The molecule has 1 aliphatic rings. The lowest BCUT2D eigenvalue weighted by Gasteiger charge is -1.89. The third kappa shape index (κ3) is 1.37. The highest BCUT2D eigenvalue weighted by Gasteiger charge is 2.29. The van der Waals surface area contributed by atoms with Crippen molar-refractivity contribution in [1.29, 1.82) is 0 Å². The van der Waals surface area contributed by atoms with Crippen molar-refractivity contribution in [1.82, 2.24) is 4.98 Å². The van der Waals surface area contributed by atoms with Crippen molar-refractivity contribution < 1.29 is 4.42 Å². The molecule has 1 aliphatic carbocycles. The molecule has 3 nitrogen and oxygen atoms in total. The number of hydrogen-bond donors (Lipinski definition) is 1. The number of nitrogens with two attached hydrogens (primary N) is 1. The molecule has 1 aromatic heterocycles. The van der Waals surface area contributed by atoms with Gasteiger partial charge >= 0.3 is 0 Å². The molecule has 1 heterocycles. The standard InChI is InChI=1S/C9H14N2O/c1-6-8(4-5-10)11-9(12-6)7-2-3-7/h7H,2-5,10H2,1H3. The van der Waals surface area contributed by atoms with E-state index < -0.39 is 0 Å². The molecular weight excluding hydrogens is 152 g/mol. The van der Waals surface area contributed by atoms with E-state index in [9.17, 15) is 0 Å². The van der Waals surface area contributed by atoms with Gasteiger partial charge in [-0.3, -0.25) is 0 Å². The Labute approximate surface area is 72.0 Å². The Bertz CT molecular complexity index is 276. The summed E-state index contributed by atoms with van der Waals surface area (Å²) < 4.78 is 5.52. The van der Waals surface area contributed by atoms with Gasteiger partial charge in [-0.2, -0.15) is 0 Å². The number of hydrogen-bond acceptors (Lipinski definition) is 3. The first-order valence-electron chi connectivity index (χ1n) is 4.47. The summed E-state index contributed by atoms with van der Waals surface area (Å²) in [5.41, 5.74) is 6.49. The Balaban J connectivity index is 2.18. The molecule has 2 rings (SSSR count). The minimum Gasteiger partial charge on any atom is -0.445 e. The van der Waals surface area contributed by atoms with Crippen LogP contribution in [0.15, 0.2) is 4.42 Å². The summed E-state index contributed by atoms with van der Waals surface area (Å²) in [6.45, 7) is 2.61. The van der Waals surface area contributed by atoms with Crippen molar-refractivity contribution in [3.63, 3.8) is 0 Å². The Morgan fingerprint density at radius 1 is 1.58 bits per heavy atom. The minimum atomic E-state index is 0.607. The van der Waals surface area contributed by atoms with Crippen LogP contribution in [0, 0.1) is 6.92 Å².